The van der Waals surface area contributed by atoms with Gasteiger partial charge < -0.3 is 10.6 Å². The zero-order valence-corrected chi connectivity index (χ0v) is 11.8. The third kappa shape index (κ3) is 4.46. The SMILES string of the molecule is CC(=O)Nc1nc(CN[C@@H](C)Cn2cccn2)cs1. The van der Waals surface area contributed by atoms with E-state index in [0.29, 0.717) is 17.7 Å². The van der Waals surface area contributed by atoms with Gasteiger partial charge in [-0.05, 0) is 13.0 Å². The molecule has 0 aromatic carbocycles. The molecule has 0 spiro atoms. The molecule has 6 nitrogen and oxygen atoms in total. The van der Waals surface area contributed by atoms with E-state index in [-0.39, 0.29) is 5.91 Å². The van der Waals surface area contributed by atoms with Gasteiger partial charge in [0.05, 0.1) is 12.2 Å². The van der Waals surface area contributed by atoms with Crippen molar-refractivity contribution in [1.29, 1.82) is 0 Å². The minimum absolute atomic E-state index is 0.0964. The molecule has 1 atom stereocenters. The molecule has 0 aliphatic carbocycles. The van der Waals surface area contributed by atoms with E-state index in [1.54, 1.807) is 6.20 Å². The molecule has 0 saturated heterocycles. The Morgan fingerprint density at radius 2 is 2.42 bits per heavy atom. The van der Waals surface area contributed by atoms with Crippen LogP contribution in [0.3, 0.4) is 0 Å². The van der Waals surface area contributed by atoms with Gasteiger partial charge >= 0.3 is 0 Å². The standard InChI is InChI=1S/C12H17N5OS/c1-9(7-17-5-3-4-14-17)13-6-11-8-19-12(16-11)15-10(2)18/h3-5,8-9,13H,6-7H2,1-2H3,(H,15,16,18)/t9-/m0/s1. The van der Waals surface area contributed by atoms with Gasteiger partial charge in [-0.3, -0.25) is 9.48 Å². The minimum Gasteiger partial charge on any atom is -0.307 e. The van der Waals surface area contributed by atoms with Crippen LogP contribution in [0.15, 0.2) is 23.8 Å². The molecule has 2 N–H and O–H groups in total. The maximum Gasteiger partial charge on any atom is 0.223 e. The lowest BCUT2D eigenvalue weighted by atomic mass is 10.3. The summed E-state index contributed by atoms with van der Waals surface area (Å²) in [6.07, 6.45) is 3.71. The average Bonchev–Trinajstić information content (AvgIpc) is 2.97. The van der Waals surface area contributed by atoms with Crippen molar-refractivity contribution in [3.05, 3.63) is 29.5 Å². The molecule has 2 rings (SSSR count). The Balaban J connectivity index is 1.78. The molecule has 102 valence electrons. The summed E-state index contributed by atoms with van der Waals surface area (Å²) in [4.78, 5) is 15.2. The Hall–Kier alpha value is -1.73. The van der Waals surface area contributed by atoms with Gasteiger partial charge in [0.2, 0.25) is 5.91 Å². The molecular weight excluding hydrogens is 262 g/mol. The summed E-state index contributed by atoms with van der Waals surface area (Å²) in [5.41, 5.74) is 0.932. The minimum atomic E-state index is -0.0964. The molecule has 0 unspecified atom stereocenters. The number of nitrogens with zero attached hydrogens (tertiary/aromatic N) is 3. The Labute approximate surface area is 115 Å². The maximum absolute atomic E-state index is 10.9. The van der Waals surface area contributed by atoms with Crippen LogP contribution >= 0.6 is 11.3 Å². The summed E-state index contributed by atoms with van der Waals surface area (Å²) in [5, 5.41) is 12.8. The second kappa shape index (κ2) is 6.44. The quantitative estimate of drug-likeness (QED) is 0.840. The van der Waals surface area contributed by atoms with Crippen molar-refractivity contribution in [3.63, 3.8) is 0 Å². The number of amides is 1. The lowest BCUT2D eigenvalue weighted by Gasteiger charge is -2.12. The first kappa shape index (κ1) is 13.7. The Bertz CT molecular complexity index is 522. The van der Waals surface area contributed by atoms with E-state index < -0.39 is 0 Å². The van der Waals surface area contributed by atoms with E-state index in [9.17, 15) is 4.79 Å². The van der Waals surface area contributed by atoms with E-state index in [4.69, 9.17) is 0 Å². The fourth-order valence-electron chi connectivity index (χ4n) is 1.63. The highest BCUT2D eigenvalue weighted by molar-refractivity contribution is 7.13. The molecule has 2 aromatic heterocycles. The monoisotopic (exact) mass is 279 g/mol. The second-order valence-corrected chi connectivity index (χ2v) is 5.19. The first-order valence-electron chi connectivity index (χ1n) is 6.06. The highest BCUT2D eigenvalue weighted by atomic mass is 32.1. The highest BCUT2D eigenvalue weighted by Gasteiger charge is 2.06. The second-order valence-electron chi connectivity index (χ2n) is 4.34. The molecule has 0 fully saturated rings. The van der Waals surface area contributed by atoms with Crippen LogP contribution in [0.5, 0.6) is 0 Å². The molecular formula is C12H17N5OS. The first-order valence-corrected chi connectivity index (χ1v) is 6.94. The molecule has 0 aliphatic heterocycles. The van der Waals surface area contributed by atoms with Crippen LogP contribution in [-0.4, -0.2) is 26.7 Å². The molecule has 0 saturated carbocycles. The predicted molar refractivity (Wildman–Crippen MR) is 74.9 cm³/mol. The summed E-state index contributed by atoms with van der Waals surface area (Å²) in [7, 11) is 0. The van der Waals surface area contributed by atoms with E-state index in [2.05, 4.69) is 27.6 Å². The maximum atomic E-state index is 10.9. The number of carbonyl (C=O) groups is 1. The van der Waals surface area contributed by atoms with Crippen LogP contribution in [-0.2, 0) is 17.9 Å². The van der Waals surface area contributed by atoms with Gasteiger partial charge in [0.15, 0.2) is 5.13 Å². The molecule has 0 radical (unpaired) electrons. The molecule has 0 aliphatic rings. The van der Waals surface area contributed by atoms with Crippen molar-refractivity contribution in [2.45, 2.75) is 33.0 Å². The number of hydrogen-bond acceptors (Lipinski definition) is 5. The van der Waals surface area contributed by atoms with E-state index in [1.807, 2.05) is 22.3 Å². The topological polar surface area (TPSA) is 71.8 Å². The van der Waals surface area contributed by atoms with Crippen molar-refractivity contribution in [1.82, 2.24) is 20.1 Å². The smallest absolute Gasteiger partial charge is 0.223 e. The lowest BCUT2D eigenvalue weighted by molar-refractivity contribution is -0.114. The summed E-state index contributed by atoms with van der Waals surface area (Å²) in [5.74, 6) is -0.0964. The number of thiazole rings is 1. The van der Waals surface area contributed by atoms with Gasteiger partial charge in [0, 0.05) is 37.3 Å². The van der Waals surface area contributed by atoms with E-state index >= 15 is 0 Å². The summed E-state index contributed by atoms with van der Waals surface area (Å²) in [6, 6.07) is 2.21. The molecule has 0 bridgehead atoms. The van der Waals surface area contributed by atoms with Crippen LogP contribution in [0.25, 0.3) is 0 Å². The van der Waals surface area contributed by atoms with Crippen molar-refractivity contribution < 1.29 is 4.79 Å². The molecule has 19 heavy (non-hydrogen) atoms. The Kier molecular flexibility index (Phi) is 4.64. The lowest BCUT2D eigenvalue weighted by Crippen LogP contribution is -2.30. The molecule has 2 aromatic rings. The number of carbonyl (C=O) groups excluding carboxylic acids is 1. The van der Waals surface area contributed by atoms with Crippen LogP contribution < -0.4 is 10.6 Å². The number of aromatic nitrogens is 3. The Morgan fingerprint density at radius 3 is 3.11 bits per heavy atom. The van der Waals surface area contributed by atoms with Gasteiger partial charge in [-0.1, -0.05) is 0 Å². The van der Waals surface area contributed by atoms with Crippen molar-refractivity contribution in [2.24, 2.45) is 0 Å². The van der Waals surface area contributed by atoms with Crippen LogP contribution in [0.2, 0.25) is 0 Å². The van der Waals surface area contributed by atoms with E-state index in [0.717, 1.165) is 12.2 Å². The Morgan fingerprint density at radius 1 is 1.58 bits per heavy atom. The van der Waals surface area contributed by atoms with Crippen molar-refractivity contribution in [2.75, 3.05) is 5.32 Å². The molecule has 1 amide bonds. The van der Waals surface area contributed by atoms with Crippen molar-refractivity contribution in [3.8, 4) is 0 Å². The fraction of sp³-hybridized carbons (Fsp3) is 0.417. The third-order valence-corrected chi connectivity index (χ3v) is 3.29. The van der Waals surface area contributed by atoms with E-state index in [1.165, 1.54) is 18.3 Å². The van der Waals surface area contributed by atoms with Crippen LogP contribution in [0.1, 0.15) is 19.5 Å². The molecule has 2 heterocycles. The van der Waals surface area contributed by atoms with Gasteiger partial charge in [-0.15, -0.1) is 11.3 Å². The predicted octanol–water partition coefficient (Wildman–Crippen LogP) is 1.48. The average molecular weight is 279 g/mol. The molecule has 7 heteroatoms. The summed E-state index contributed by atoms with van der Waals surface area (Å²) < 4.78 is 1.89. The van der Waals surface area contributed by atoms with Gasteiger partial charge in [0.25, 0.3) is 0 Å². The summed E-state index contributed by atoms with van der Waals surface area (Å²) >= 11 is 1.43. The summed E-state index contributed by atoms with van der Waals surface area (Å²) in [6.45, 7) is 5.07. The van der Waals surface area contributed by atoms with Crippen LogP contribution in [0, 0.1) is 0 Å². The number of anilines is 1. The zero-order chi connectivity index (χ0) is 13.7. The first-order chi connectivity index (χ1) is 9.13. The van der Waals surface area contributed by atoms with Gasteiger partial charge in [-0.2, -0.15) is 5.10 Å². The van der Waals surface area contributed by atoms with Gasteiger partial charge in [-0.25, -0.2) is 4.98 Å². The normalized spacial score (nSPS) is 12.3. The van der Waals surface area contributed by atoms with Crippen molar-refractivity contribution >= 4 is 22.4 Å². The number of hydrogen-bond donors (Lipinski definition) is 2. The fourth-order valence-corrected chi connectivity index (χ4v) is 2.38. The number of rotatable bonds is 6. The largest absolute Gasteiger partial charge is 0.307 e. The highest BCUT2D eigenvalue weighted by Crippen LogP contribution is 2.15. The number of nitrogens with one attached hydrogen (secondary N) is 2. The van der Waals surface area contributed by atoms with Gasteiger partial charge in [0.1, 0.15) is 0 Å². The zero-order valence-electron chi connectivity index (χ0n) is 11.0. The van der Waals surface area contributed by atoms with Crippen LogP contribution in [0.4, 0.5) is 5.13 Å². The third-order valence-electron chi connectivity index (χ3n) is 2.49.